The van der Waals surface area contributed by atoms with Crippen molar-refractivity contribution in [3.63, 3.8) is 0 Å². The summed E-state index contributed by atoms with van der Waals surface area (Å²) in [7, 11) is 0. The zero-order valence-electron chi connectivity index (χ0n) is 11.7. The number of amides is 2. The minimum absolute atomic E-state index is 0.0231. The highest BCUT2D eigenvalue weighted by Gasteiger charge is 2.29. The van der Waals surface area contributed by atoms with Crippen LogP contribution in [0.5, 0.6) is 0 Å². The molecule has 0 spiro atoms. The molecular weight excluding hydrogens is 260 g/mol. The zero-order chi connectivity index (χ0) is 14.0. The molecule has 1 saturated heterocycles. The van der Waals surface area contributed by atoms with E-state index in [9.17, 15) is 4.79 Å². The number of nitrogens with one attached hydrogen (secondary N) is 1. The summed E-state index contributed by atoms with van der Waals surface area (Å²) < 4.78 is 0. The number of hydrogen-bond acceptors (Lipinski definition) is 1. The second-order valence-electron chi connectivity index (χ2n) is 5.43. The Kier molecular flexibility index (Phi) is 4.35. The van der Waals surface area contributed by atoms with Crippen LogP contribution in [-0.4, -0.2) is 23.0 Å². The maximum absolute atomic E-state index is 12.4. The van der Waals surface area contributed by atoms with Crippen LogP contribution in [0, 0.1) is 6.92 Å². The van der Waals surface area contributed by atoms with Crippen molar-refractivity contribution in [2.24, 2.45) is 0 Å². The van der Waals surface area contributed by atoms with Crippen molar-refractivity contribution in [1.82, 2.24) is 4.90 Å². The summed E-state index contributed by atoms with van der Waals surface area (Å²) >= 11 is 5.98. The van der Waals surface area contributed by atoms with Gasteiger partial charge in [0.05, 0.1) is 0 Å². The number of halogens is 1. The summed E-state index contributed by atoms with van der Waals surface area (Å²) in [6, 6.07) is 6.12. The SMILES string of the molecule is Cc1ccc(Cl)cc1NC(=O)N1[C@H](C)CCC[C@@H]1C. The summed E-state index contributed by atoms with van der Waals surface area (Å²) in [5, 5.41) is 3.62. The maximum atomic E-state index is 12.4. The second-order valence-corrected chi connectivity index (χ2v) is 5.86. The van der Waals surface area contributed by atoms with Gasteiger partial charge >= 0.3 is 6.03 Å². The van der Waals surface area contributed by atoms with E-state index < -0.39 is 0 Å². The third kappa shape index (κ3) is 3.21. The molecule has 1 aromatic carbocycles. The minimum atomic E-state index is -0.0231. The van der Waals surface area contributed by atoms with Gasteiger partial charge in [-0.05, 0) is 57.7 Å². The van der Waals surface area contributed by atoms with Crippen LogP contribution in [0.1, 0.15) is 38.7 Å². The number of anilines is 1. The third-order valence-electron chi connectivity index (χ3n) is 3.87. The summed E-state index contributed by atoms with van der Waals surface area (Å²) in [6.07, 6.45) is 3.35. The van der Waals surface area contributed by atoms with Gasteiger partial charge in [0.25, 0.3) is 0 Å². The summed E-state index contributed by atoms with van der Waals surface area (Å²) in [4.78, 5) is 14.4. The molecule has 1 aliphatic rings. The third-order valence-corrected chi connectivity index (χ3v) is 4.10. The Morgan fingerprint density at radius 2 is 1.95 bits per heavy atom. The number of benzene rings is 1. The van der Waals surface area contributed by atoms with Crippen LogP contribution in [0.3, 0.4) is 0 Å². The first kappa shape index (κ1) is 14.2. The molecule has 1 fully saturated rings. The molecule has 0 bridgehead atoms. The highest BCUT2D eigenvalue weighted by Crippen LogP contribution is 2.25. The molecule has 1 aromatic rings. The monoisotopic (exact) mass is 280 g/mol. The Morgan fingerprint density at radius 1 is 1.32 bits per heavy atom. The number of rotatable bonds is 1. The highest BCUT2D eigenvalue weighted by molar-refractivity contribution is 6.31. The molecule has 19 heavy (non-hydrogen) atoms. The summed E-state index contributed by atoms with van der Waals surface area (Å²) in [5.74, 6) is 0. The van der Waals surface area contributed by atoms with Crippen molar-refractivity contribution in [1.29, 1.82) is 0 Å². The standard InChI is InChI=1S/C15H21ClN2O/c1-10-7-8-13(16)9-14(10)17-15(19)18-11(2)5-4-6-12(18)3/h7-9,11-12H,4-6H2,1-3H3,(H,17,19)/t11-,12+. The van der Waals surface area contributed by atoms with E-state index in [4.69, 9.17) is 11.6 Å². The Labute approximate surface area is 119 Å². The lowest BCUT2D eigenvalue weighted by molar-refractivity contribution is 0.133. The molecule has 3 nitrogen and oxygen atoms in total. The number of urea groups is 1. The van der Waals surface area contributed by atoms with E-state index in [0.717, 1.165) is 24.1 Å². The lowest BCUT2D eigenvalue weighted by Gasteiger charge is -2.39. The van der Waals surface area contributed by atoms with Crippen LogP contribution in [0.15, 0.2) is 18.2 Å². The van der Waals surface area contributed by atoms with Gasteiger partial charge in [0, 0.05) is 22.8 Å². The number of hydrogen-bond donors (Lipinski definition) is 1. The van der Waals surface area contributed by atoms with Crippen LogP contribution in [0.4, 0.5) is 10.5 Å². The predicted octanol–water partition coefficient (Wildman–Crippen LogP) is 4.44. The molecule has 0 radical (unpaired) electrons. The fourth-order valence-corrected chi connectivity index (χ4v) is 2.90. The van der Waals surface area contributed by atoms with Crippen LogP contribution >= 0.6 is 11.6 Å². The number of aryl methyl sites for hydroxylation is 1. The average Bonchev–Trinajstić information content (AvgIpc) is 2.33. The molecule has 2 amide bonds. The van der Waals surface area contributed by atoms with E-state index in [2.05, 4.69) is 19.2 Å². The largest absolute Gasteiger partial charge is 0.322 e. The lowest BCUT2D eigenvalue weighted by atomic mass is 9.98. The Balaban J connectivity index is 2.13. The van der Waals surface area contributed by atoms with Crippen LogP contribution < -0.4 is 5.32 Å². The number of carbonyl (C=O) groups excluding carboxylic acids is 1. The number of likely N-dealkylation sites (tertiary alicyclic amines) is 1. The molecule has 0 saturated carbocycles. The number of nitrogens with zero attached hydrogens (tertiary/aromatic N) is 1. The molecule has 1 heterocycles. The lowest BCUT2D eigenvalue weighted by Crippen LogP contribution is -2.49. The first-order chi connectivity index (χ1) is 8.99. The van der Waals surface area contributed by atoms with Gasteiger partial charge in [-0.25, -0.2) is 4.79 Å². The molecule has 2 atom stereocenters. The first-order valence-electron chi connectivity index (χ1n) is 6.84. The molecule has 0 aromatic heterocycles. The molecule has 2 rings (SSSR count). The predicted molar refractivity (Wildman–Crippen MR) is 79.8 cm³/mol. The molecular formula is C15H21ClN2O. The van der Waals surface area contributed by atoms with Crippen molar-refractivity contribution in [2.45, 2.75) is 52.1 Å². The number of piperidine rings is 1. The molecule has 1 N–H and O–H groups in total. The topological polar surface area (TPSA) is 32.3 Å². The van der Waals surface area contributed by atoms with Gasteiger partial charge in [-0.2, -0.15) is 0 Å². The van der Waals surface area contributed by atoms with Gasteiger partial charge < -0.3 is 10.2 Å². The fourth-order valence-electron chi connectivity index (χ4n) is 2.73. The summed E-state index contributed by atoms with van der Waals surface area (Å²) in [5.41, 5.74) is 1.82. The van der Waals surface area contributed by atoms with E-state index >= 15 is 0 Å². The minimum Gasteiger partial charge on any atom is -0.319 e. The maximum Gasteiger partial charge on any atom is 0.322 e. The van der Waals surface area contributed by atoms with Gasteiger partial charge in [0.2, 0.25) is 0 Å². The van der Waals surface area contributed by atoms with Crippen LogP contribution in [0.2, 0.25) is 5.02 Å². The van der Waals surface area contributed by atoms with Crippen molar-refractivity contribution >= 4 is 23.3 Å². The van der Waals surface area contributed by atoms with Gasteiger partial charge in [-0.3, -0.25) is 0 Å². The van der Waals surface area contributed by atoms with Crippen molar-refractivity contribution in [3.05, 3.63) is 28.8 Å². The zero-order valence-corrected chi connectivity index (χ0v) is 12.5. The van der Waals surface area contributed by atoms with E-state index in [1.807, 2.05) is 24.0 Å². The van der Waals surface area contributed by atoms with Gasteiger partial charge in [0.1, 0.15) is 0 Å². The van der Waals surface area contributed by atoms with E-state index in [0.29, 0.717) is 17.1 Å². The van der Waals surface area contributed by atoms with Crippen molar-refractivity contribution < 1.29 is 4.79 Å². The van der Waals surface area contributed by atoms with E-state index in [1.54, 1.807) is 6.07 Å². The number of carbonyl (C=O) groups is 1. The fraction of sp³-hybridized carbons (Fsp3) is 0.533. The van der Waals surface area contributed by atoms with Gasteiger partial charge in [-0.15, -0.1) is 0 Å². The molecule has 0 unspecified atom stereocenters. The highest BCUT2D eigenvalue weighted by atomic mass is 35.5. The van der Waals surface area contributed by atoms with Gasteiger partial charge in [-0.1, -0.05) is 17.7 Å². The molecule has 104 valence electrons. The van der Waals surface area contributed by atoms with Crippen molar-refractivity contribution in [3.8, 4) is 0 Å². The van der Waals surface area contributed by atoms with Crippen LogP contribution in [0.25, 0.3) is 0 Å². The Morgan fingerprint density at radius 3 is 2.58 bits per heavy atom. The Bertz CT molecular complexity index is 465. The Hall–Kier alpha value is -1.22. The van der Waals surface area contributed by atoms with Gasteiger partial charge in [0.15, 0.2) is 0 Å². The second kappa shape index (κ2) is 5.83. The van der Waals surface area contributed by atoms with E-state index in [-0.39, 0.29) is 6.03 Å². The van der Waals surface area contributed by atoms with Crippen LogP contribution in [-0.2, 0) is 0 Å². The molecule has 1 aliphatic heterocycles. The molecule has 0 aliphatic carbocycles. The smallest absolute Gasteiger partial charge is 0.319 e. The molecule has 4 heteroatoms. The normalized spacial score (nSPS) is 23.3. The van der Waals surface area contributed by atoms with E-state index in [1.165, 1.54) is 6.42 Å². The quantitative estimate of drug-likeness (QED) is 0.810. The average molecular weight is 281 g/mol. The van der Waals surface area contributed by atoms with Crippen molar-refractivity contribution in [2.75, 3.05) is 5.32 Å². The summed E-state index contributed by atoms with van der Waals surface area (Å²) in [6.45, 7) is 6.19. The first-order valence-corrected chi connectivity index (χ1v) is 7.22.